The lowest BCUT2D eigenvalue weighted by atomic mass is 10.1. The standard InChI is InChI=1S/C11H13ClN2O2/c1-8(13-16-14(3)9(2)15)10-4-6-11(12)7-5-10/h4-7H,1-3H3. The zero-order valence-electron chi connectivity index (χ0n) is 9.40. The van der Waals surface area contributed by atoms with E-state index in [4.69, 9.17) is 16.5 Å². The van der Waals surface area contributed by atoms with Crippen molar-refractivity contribution in [1.29, 1.82) is 0 Å². The van der Waals surface area contributed by atoms with Gasteiger partial charge in [-0.3, -0.25) is 9.73 Å². The van der Waals surface area contributed by atoms with Crippen LogP contribution in [-0.2, 0) is 9.73 Å². The minimum Gasteiger partial charge on any atom is -0.272 e. The molecule has 1 aromatic rings. The van der Waals surface area contributed by atoms with Crippen molar-refractivity contribution in [1.82, 2.24) is 5.06 Å². The Morgan fingerprint density at radius 3 is 2.38 bits per heavy atom. The Balaban J connectivity index is 2.70. The third-order valence-electron chi connectivity index (χ3n) is 2.01. The molecule has 5 heteroatoms. The van der Waals surface area contributed by atoms with Crippen LogP contribution in [0.15, 0.2) is 29.4 Å². The largest absolute Gasteiger partial charge is 0.272 e. The highest BCUT2D eigenvalue weighted by molar-refractivity contribution is 6.30. The van der Waals surface area contributed by atoms with Crippen LogP contribution in [0.1, 0.15) is 19.4 Å². The van der Waals surface area contributed by atoms with Crippen LogP contribution >= 0.6 is 11.6 Å². The molecule has 0 spiro atoms. The summed E-state index contributed by atoms with van der Waals surface area (Å²) < 4.78 is 0. The molecular formula is C11H13ClN2O2. The zero-order valence-corrected chi connectivity index (χ0v) is 10.2. The molecule has 0 unspecified atom stereocenters. The fourth-order valence-electron chi connectivity index (χ4n) is 0.924. The van der Waals surface area contributed by atoms with Crippen LogP contribution in [0, 0.1) is 0 Å². The summed E-state index contributed by atoms with van der Waals surface area (Å²) in [5, 5.41) is 5.54. The summed E-state index contributed by atoms with van der Waals surface area (Å²) in [7, 11) is 1.50. The Morgan fingerprint density at radius 2 is 1.88 bits per heavy atom. The first-order valence-electron chi connectivity index (χ1n) is 4.72. The van der Waals surface area contributed by atoms with E-state index in [-0.39, 0.29) is 5.91 Å². The Kier molecular flexibility index (Phi) is 4.31. The monoisotopic (exact) mass is 240 g/mol. The first-order chi connectivity index (χ1) is 7.50. The number of hydrogen-bond donors (Lipinski definition) is 0. The summed E-state index contributed by atoms with van der Waals surface area (Å²) in [6, 6.07) is 7.20. The number of carbonyl (C=O) groups is 1. The first kappa shape index (κ1) is 12.5. The van der Waals surface area contributed by atoms with E-state index in [2.05, 4.69) is 5.16 Å². The molecule has 0 aromatic heterocycles. The molecular weight excluding hydrogens is 228 g/mol. The second-order valence-electron chi connectivity index (χ2n) is 3.28. The van der Waals surface area contributed by atoms with Crippen LogP contribution in [0.5, 0.6) is 0 Å². The number of nitrogens with zero attached hydrogens (tertiary/aromatic N) is 2. The van der Waals surface area contributed by atoms with Crippen LogP contribution in [0.4, 0.5) is 0 Å². The molecule has 16 heavy (non-hydrogen) atoms. The molecule has 0 N–H and O–H groups in total. The summed E-state index contributed by atoms with van der Waals surface area (Å²) in [6.07, 6.45) is 0. The van der Waals surface area contributed by atoms with E-state index >= 15 is 0 Å². The molecule has 0 radical (unpaired) electrons. The van der Waals surface area contributed by atoms with E-state index in [1.54, 1.807) is 19.1 Å². The molecule has 0 aliphatic heterocycles. The number of carbonyl (C=O) groups excluding carboxylic acids is 1. The fourth-order valence-corrected chi connectivity index (χ4v) is 1.05. The van der Waals surface area contributed by atoms with Crippen molar-refractivity contribution in [3.05, 3.63) is 34.9 Å². The van der Waals surface area contributed by atoms with Gasteiger partial charge in [-0.1, -0.05) is 28.9 Å². The zero-order chi connectivity index (χ0) is 12.1. The van der Waals surface area contributed by atoms with Gasteiger partial charge in [0.15, 0.2) is 0 Å². The number of halogens is 1. The second kappa shape index (κ2) is 5.51. The molecule has 1 rings (SSSR count). The van der Waals surface area contributed by atoms with Crippen LogP contribution in [-0.4, -0.2) is 23.7 Å². The molecule has 0 saturated carbocycles. The van der Waals surface area contributed by atoms with Crippen LogP contribution in [0.3, 0.4) is 0 Å². The van der Waals surface area contributed by atoms with E-state index in [1.165, 1.54) is 14.0 Å². The highest BCUT2D eigenvalue weighted by Gasteiger charge is 2.03. The number of hydrogen-bond acceptors (Lipinski definition) is 3. The molecule has 1 amide bonds. The second-order valence-corrected chi connectivity index (χ2v) is 3.72. The van der Waals surface area contributed by atoms with Gasteiger partial charge in [0.25, 0.3) is 5.91 Å². The average molecular weight is 241 g/mol. The van der Waals surface area contributed by atoms with Gasteiger partial charge in [0, 0.05) is 11.9 Å². The van der Waals surface area contributed by atoms with Crippen molar-refractivity contribution in [2.75, 3.05) is 7.05 Å². The maximum Gasteiger partial charge on any atom is 0.253 e. The number of rotatable bonds is 3. The van der Waals surface area contributed by atoms with E-state index in [1.807, 2.05) is 12.1 Å². The highest BCUT2D eigenvalue weighted by atomic mass is 35.5. The van der Waals surface area contributed by atoms with Crippen LogP contribution in [0.25, 0.3) is 0 Å². The van der Waals surface area contributed by atoms with Crippen molar-refractivity contribution in [3.63, 3.8) is 0 Å². The quantitative estimate of drug-likeness (QED) is 0.602. The topological polar surface area (TPSA) is 41.9 Å². The normalized spacial score (nSPS) is 11.1. The van der Waals surface area contributed by atoms with E-state index in [0.29, 0.717) is 10.7 Å². The molecule has 0 aliphatic carbocycles. The van der Waals surface area contributed by atoms with Crippen molar-refractivity contribution in [2.45, 2.75) is 13.8 Å². The summed E-state index contributed by atoms with van der Waals surface area (Å²) >= 11 is 5.76. The fraction of sp³-hybridized carbons (Fsp3) is 0.273. The van der Waals surface area contributed by atoms with Gasteiger partial charge in [-0.15, -0.1) is 0 Å². The summed E-state index contributed by atoms with van der Waals surface area (Å²) in [5.41, 5.74) is 1.56. The van der Waals surface area contributed by atoms with Crippen LogP contribution in [0.2, 0.25) is 5.02 Å². The van der Waals surface area contributed by atoms with Gasteiger partial charge in [-0.2, -0.15) is 5.06 Å². The lowest BCUT2D eigenvalue weighted by Crippen LogP contribution is -2.22. The third kappa shape index (κ3) is 3.55. The smallest absolute Gasteiger partial charge is 0.253 e. The average Bonchev–Trinajstić information content (AvgIpc) is 2.26. The van der Waals surface area contributed by atoms with Gasteiger partial charge in [-0.25, -0.2) is 0 Å². The van der Waals surface area contributed by atoms with Crippen molar-refractivity contribution in [2.24, 2.45) is 5.16 Å². The van der Waals surface area contributed by atoms with Gasteiger partial charge < -0.3 is 0 Å². The van der Waals surface area contributed by atoms with Gasteiger partial charge in [-0.05, 0) is 24.6 Å². The molecule has 0 atom stereocenters. The minimum absolute atomic E-state index is 0.215. The molecule has 0 heterocycles. The lowest BCUT2D eigenvalue weighted by Gasteiger charge is -2.10. The highest BCUT2D eigenvalue weighted by Crippen LogP contribution is 2.10. The Morgan fingerprint density at radius 1 is 1.31 bits per heavy atom. The molecule has 0 aliphatic rings. The third-order valence-corrected chi connectivity index (χ3v) is 2.26. The molecule has 4 nitrogen and oxygen atoms in total. The van der Waals surface area contributed by atoms with Gasteiger partial charge in [0.2, 0.25) is 0 Å². The van der Waals surface area contributed by atoms with Crippen LogP contribution < -0.4 is 0 Å². The molecule has 0 saturated heterocycles. The van der Waals surface area contributed by atoms with E-state index < -0.39 is 0 Å². The number of benzene rings is 1. The summed E-state index contributed by atoms with van der Waals surface area (Å²) in [6.45, 7) is 3.18. The SMILES string of the molecule is CC(=O)N(C)ON=C(C)c1ccc(Cl)cc1. The molecule has 1 aromatic carbocycles. The predicted molar refractivity (Wildman–Crippen MR) is 63.2 cm³/mol. The Labute approximate surface area is 99.4 Å². The lowest BCUT2D eigenvalue weighted by molar-refractivity contribution is -0.175. The summed E-state index contributed by atoms with van der Waals surface area (Å²) in [5.74, 6) is -0.215. The van der Waals surface area contributed by atoms with Gasteiger partial charge in [0.1, 0.15) is 0 Å². The number of hydroxylamine groups is 2. The maximum atomic E-state index is 10.9. The van der Waals surface area contributed by atoms with Gasteiger partial charge in [0.05, 0.1) is 12.8 Å². The van der Waals surface area contributed by atoms with Gasteiger partial charge >= 0.3 is 0 Å². The molecule has 0 fully saturated rings. The Bertz CT molecular complexity index is 401. The van der Waals surface area contributed by atoms with E-state index in [9.17, 15) is 4.79 Å². The van der Waals surface area contributed by atoms with Crippen molar-refractivity contribution >= 4 is 23.2 Å². The minimum atomic E-state index is -0.215. The molecule has 0 bridgehead atoms. The summed E-state index contributed by atoms with van der Waals surface area (Å²) in [4.78, 5) is 15.7. The van der Waals surface area contributed by atoms with Crippen molar-refractivity contribution < 1.29 is 9.73 Å². The maximum absolute atomic E-state index is 10.9. The first-order valence-corrected chi connectivity index (χ1v) is 5.10. The van der Waals surface area contributed by atoms with Crippen molar-refractivity contribution in [3.8, 4) is 0 Å². The molecule has 86 valence electrons. The predicted octanol–water partition coefficient (Wildman–Crippen LogP) is 2.47. The number of amides is 1. The Hall–Kier alpha value is -1.55. The number of oxime groups is 1. The van der Waals surface area contributed by atoms with E-state index in [0.717, 1.165) is 10.6 Å².